The first-order valence-corrected chi connectivity index (χ1v) is 5.66. The lowest BCUT2D eigenvalue weighted by Crippen LogP contribution is -2.19. The van der Waals surface area contributed by atoms with Crippen LogP contribution < -0.4 is 9.47 Å². The van der Waals surface area contributed by atoms with Crippen LogP contribution in [0.3, 0.4) is 0 Å². The molecule has 1 aromatic rings. The fourth-order valence-electron chi connectivity index (χ4n) is 1.76. The quantitative estimate of drug-likeness (QED) is 0.583. The van der Waals surface area contributed by atoms with E-state index in [1.165, 1.54) is 38.5 Å². The summed E-state index contributed by atoms with van der Waals surface area (Å²) in [4.78, 5) is 10.2. The Balaban J connectivity index is 2.10. The highest BCUT2D eigenvalue weighted by molar-refractivity contribution is 5.48. The van der Waals surface area contributed by atoms with Crippen LogP contribution in [0.5, 0.6) is 11.5 Å². The Morgan fingerprint density at radius 1 is 1.41 bits per heavy atom. The van der Waals surface area contributed by atoms with Crippen molar-refractivity contribution in [3.63, 3.8) is 0 Å². The van der Waals surface area contributed by atoms with Crippen LogP contribution in [0.15, 0.2) is 18.2 Å². The van der Waals surface area contributed by atoms with Crippen molar-refractivity contribution >= 4 is 5.69 Å². The lowest BCUT2D eigenvalue weighted by molar-refractivity contribution is -0.385. The van der Waals surface area contributed by atoms with Crippen LogP contribution in [0.4, 0.5) is 5.69 Å². The van der Waals surface area contributed by atoms with Gasteiger partial charge >= 0.3 is 0 Å². The second kappa shape index (κ2) is 5.03. The standard InChI is InChI=1S/C12H15NO4/c1-16-11-6-5-10(13(14)15)7-12(11)17-8-9-3-2-4-9/h5-7,9H,2-4,8H2,1H3. The van der Waals surface area contributed by atoms with Crippen molar-refractivity contribution in [3.8, 4) is 11.5 Å². The molecule has 1 fully saturated rings. The van der Waals surface area contributed by atoms with Gasteiger partial charge in [0.25, 0.3) is 5.69 Å². The number of methoxy groups -OCH3 is 1. The van der Waals surface area contributed by atoms with Gasteiger partial charge in [-0.3, -0.25) is 10.1 Å². The van der Waals surface area contributed by atoms with Gasteiger partial charge in [0.05, 0.1) is 24.7 Å². The molecule has 5 heteroatoms. The van der Waals surface area contributed by atoms with Crippen LogP contribution in [0.2, 0.25) is 0 Å². The van der Waals surface area contributed by atoms with E-state index in [0.717, 1.165) is 0 Å². The maximum Gasteiger partial charge on any atom is 0.273 e. The van der Waals surface area contributed by atoms with Crippen molar-refractivity contribution < 1.29 is 14.4 Å². The number of nitrogens with zero attached hydrogens (tertiary/aromatic N) is 1. The van der Waals surface area contributed by atoms with E-state index in [0.29, 0.717) is 24.0 Å². The molecule has 0 aliphatic heterocycles. The molecule has 0 heterocycles. The van der Waals surface area contributed by atoms with Crippen LogP contribution >= 0.6 is 0 Å². The van der Waals surface area contributed by atoms with Crippen LogP contribution in [0.25, 0.3) is 0 Å². The van der Waals surface area contributed by atoms with Gasteiger partial charge in [-0.1, -0.05) is 6.42 Å². The minimum atomic E-state index is -0.435. The van der Waals surface area contributed by atoms with Gasteiger partial charge in [-0.15, -0.1) is 0 Å². The zero-order valence-corrected chi connectivity index (χ0v) is 9.72. The fraction of sp³-hybridized carbons (Fsp3) is 0.500. The van der Waals surface area contributed by atoms with Crippen molar-refractivity contribution in [1.29, 1.82) is 0 Å². The summed E-state index contributed by atoms with van der Waals surface area (Å²) in [6, 6.07) is 4.39. The molecule has 1 aliphatic carbocycles. The number of nitro benzene ring substituents is 1. The van der Waals surface area contributed by atoms with E-state index < -0.39 is 4.92 Å². The molecule has 1 saturated carbocycles. The van der Waals surface area contributed by atoms with E-state index in [1.807, 2.05) is 0 Å². The summed E-state index contributed by atoms with van der Waals surface area (Å²) in [5, 5.41) is 10.7. The molecule has 0 radical (unpaired) electrons. The molecule has 17 heavy (non-hydrogen) atoms. The number of ether oxygens (including phenoxy) is 2. The third-order valence-electron chi connectivity index (χ3n) is 3.06. The fourth-order valence-corrected chi connectivity index (χ4v) is 1.76. The van der Waals surface area contributed by atoms with Crippen molar-refractivity contribution in [3.05, 3.63) is 28.3 Å². The Kier molecular flexibility index (Phi) is 3.46. The van der Waals surface area contributed by atoms with E-state index in [9.17, 15) is 10.1 Å². The maximum absolute atomic E-state index is 10.7. The van der Waals surface area contributed by atoms with Crippen molar-refractivity contribution in [1.82, 2.24) is 0 Å². The first-order valence-electron chi connectivity index (χ1n) is 5.66. The number of non-ortho nitro benzene ring substituents is 1. The van der Waals surface area contributed by atoms with E-state index >= 15 is 0 Å². The van der Waals surface area contributed by atoms with Crippen LogP contribution in [0.1, 0.15) is 19.3 Å². The Morgan fingerprint density at radius 2 is 2.18 bits per heavy atom. The Labute approximate surface area is 99.5 Å². The van der Waals surface area contributed by atoms with E-state index in [-0.39, 0.29) is 5.69 Å². The zero-order chi connectivity index (χ0) is 12.3. The second-order valence-corrected chi connectivity index (χ2v) is 4.20. The van der Waals surface area contributed by atoms with E-state index in [4.69, 9.17) is 9.47 Å². The average molecular weight is 237 g/mol. The number of rotatable bonds is 5. The topological polar surface area (TPSA) is 61.6 Å². The molecule has 92 valence electrons. The molecule has 0 bridgehead atoms. The SMILES string of the molecule is COc1ccc([N+](=O)[O-])cc1OCC1CCC1. The van der Waals surface area contributed by atoms with Gasteiger partial charge in [-0.05, 0) is 24.8 Å². The summed E-state index contributed by atoms with van der Waals surface area (Å²) in [7, 11) is 1.53. The van der Waals surface area contributed by atoms with Gasteiger partial charge in [-0.25, -0.2) is 0 Å². The summed E-state index contributed by atoms with van der Waals surface area (Å²) >= 11 is 0. The van der Waals surface area contributed by atoms with Crippen molar-refractivity contribution in [2.24, 2.45) is 5.92 Å². The van der Waals surface area contributed by atoms with E-state index in [1.54, 1.807) is 6.07 Å². The highest BCUT2D eigenvalue weighted by atomic mass is 16.6. The average Bonchev–Trinajstić information content (AvgIpc) is 2.26. The molecule has 2 rings (SSSR count). The summed E-state index contributed by atoms with van der Waals surface area (Å²) in [5.41, 5.74) is 0.0226. The number of benzene rings is 1. The Hall–Kier alpha value is -1.78. The largest absolute Gasteiger partial charge is 0.493 e. The monoisotopic (exact) mass is 237 g/mol. The molecule has 0 aromatic heterocycles. The van der Waals surface area contributed by atoms with Gasteiger partial charge in [-0.2, -0.15) is 0 Å². The summed E-state index contributed by atoms with van der Waals surface area (Å²) < 4.78 is 10.7. The molecular formula is C12H15NO4. The van der Waals surface area contributed by atoms with Crippen LogP contribution in [-0.4, -0.2) is 18.6 Å². The molecule has 1 aromatic carbocycles. The Bertz CT molecular complexity index is 415. The molecule has 0 saturated heterocycles. The maximum atomic E-state index is 10.7. The molecule has 1 aliphatic rings. The molecule has 0 atom stereocenters. The normalized spacial score (nSPS) is 15.1. The number of hydrogen-bond donors (Lipinski definition) is 0. The first-order chi connectivity index (χ1) is 8.20. The molecule has 0 N–H and O–H groups in total. The predicted octanol–water partition coefficient (Wildman–Crippen LogP) is 2.78. The van der Waals surface area contributed by atoms with Crippen molar-refractivity contribution in [2.45, 2.75) is 19.3 Å². The van der Waals surface area contributed by atoms with Gasteiger partial charge < -0.3 is 9.47 Å². The summed E-state index contributed by atoms with van der Waals surface area (Å²) in [6.45, 7) is 0.609. The summed E-state index contributed by atoms with van der Waals surface area (Å²) in [5.74, 6) is 1.57. The predicted molar refractivity (Wildman–Crippen MR) is 62.5 cm³/mol. The third kappa shape index (κ3) is 2.67. The second-order valence-electron chi connectivity index (χ2n) is 4.20. The zero-order valence-electron chi connectivity index (χ0n) is 9.72. The van der Waals surface area contributed by atoms with Crippen LogP contribution in [0, 0.1) is 16.0 Å². The van der Waals surface area contributed by atoms with Gasteiger partial charge in [0.15, 0.2) is 11.5 Å². The van der Waals surface area contributed by atoms with Gasteiger partial charge in [0.2, 0.25) is 0 Å². The third-order valence-corrected chi connectivity index (χ3v) is 3.06. The van der Waals surface area contributed by atoms with Gasteiger partial charge in [0.1, 0.15) is 0 Å². The molecule has 0 unspecified atom stereocenters. The smallest absolute Gasteiger partial charge is 0.273 e. The molecule has 0 spiro atoms. The van der Waals surface area contributed by atoms with Crippen LogP contribution in [-0.2, 0) is 0 Å². The Morgan fingerprint density at radius 3 is 2.71 bits per heavy atom. The van der Waals surface area contributed by atoms with Crippen molar-refractivity contribution in [2.75, 3.05) is 13.7 Å². The minimum Gasteiger partial charge on any atom is -0.493 e. The number of nitro groups is 1. The number of hydrogen-bond acceptors (Lipinski definition) is 4. The lowest BCUT2D eigenvalue weighted by Gasteiger charge is -2.25. The minimum absolute atomic E-state index is 0.0226. The highest BCUT2D eigenvalue weighted by Gasteiger charge is 2.19. The first kappa shape index (κ1) is 11.7. The highest BCUT2D eigenvalue weighted by Crippen LogP contribution is 2.33. The molecule has 5 nitrogen and oxygen atoms in total. The van der Waals surface area contributed by atoms with E-state index in [2.05, 4.69) is 0 Å². The lowest BCUT2D eigenvalue weighted by atomic mass is 9.86. The molecular weight excluding hydrogens is 222 g/mol. The summed E-state index contributed by atoms with van der Waals surface area (Å²) in [6.07, 6.45) is 3.61. The molecule has 0 amide bonds. The van der Waals surface area contributed by atoms with Gasteiger partial charge in [0, 0.05) is 6.07 Å².